The Hall–Kier alpha value is -6.55. The second kappa shape index (κ2) is 12.5. The molecule has 0 saturated heterocycles. The average molecular weight is 873 g/mol. The molecule has 0 saturated carbocycles. The van der Waals surface area contributed by atoms with Crippen molar-refractivity contribution in [2.24, 2.45) is 0 Å². The first-order valence-electron chi connectivity index (χ1n) is 17.7. The van der Waals surface area contributed by atoms with Gasteiger partial charge in [0, 0.05) is 54.8 Å². The van der Waals surface area contributed by atoms with Crippen LogP contribution in [0.3, 0.4) is 0 Å². The number of benzene rings is 7. The Kier molecular flexibility index (Phi) is 7.46. The standard InChI is InChI=1S/C48H29N4O.Pt/c53-44-26-9-6-18-37(44)48-50-45-33(19-13-25-43(45)51(48)41-23-7-4-16-32(41)30-14-2-1-3-15-30)31-28-38-36-21-12-20-35-34-17-5-8-24-42(34)52(46(35)36)47(38)39(29-31)40-22-10-11-27-49-40;/h1-28,53H;/q-1;. The summed E-state index contributed by atoms with van der Waals surface area (Å²) >= 11 is 0. The Morgan fingerprint density at radius 3 is 2.04 bits per heavy atom. The van der Waals surface area contributed by atoms with E-state index in [1.165, 1.54) is 21.7 Å². The molecule has 4 aromatic heterocycles. The smallest absolute Gasteiger partial charge is 0.148 e. The topological polar surface area (TPSA) is 55.4 Å². The molecular formula is C48H29N4OPt-. The summed E-state index contributed by atoms with van der Waals surface area (Å²) in [5, 5.41) is 16.0. The summed E-state index contributed by atoms with van der Waals surface area (Å²) in [6, 6.07) is 60.0. The molecule has 4 heterocycles. The van der Waals surface area contributed by atoms with Gasteiger partial charge in [0.2, 0.25) is 0 Å². The van der Waals surface area contributed by atoms with Crippen LogP contribution in [0.15, 0.2) is 170 Å². The molecule has 54 heavy (non-hydrogen) atoms. The minimum Gasteiger partial charge on any atom is -0.507 e. The van der Waals surface area contributed by atoms with E-state index in [9.17, 15) is 5.11 Å². The van der Waals surface area contributed by atoms with Crippen LogP contribution in [0.4, 0.5) is 0 Å². The third-order valence-electron chi connectivity index (χ3n) is 10.5. The maximum Gasteiger partial charge on any atom is 0.148 e. The van der Waals surface area contributed by atoms with E-state index in [0.29, 0.717) is 11.4 Å². The maximum absolute atomic E-state index is 11.2. The molecule has 0 atom stereocenters. The van der Waals surface area contributed by atoms with Crippen molar-refractivity contribution in [3.8, 4) is 56.3 Å². The quantitative estimate of drug-likeness (QED) is 0.175. The van der Waals surface area contributed by atoms with Crippen molar-refractivity contribution >= 4 is 49.1 Å². The van der Waals surface area contributed by atoms with E-state index in [1.54, 1.807) is 6.07 Å². The Morgan fingerprint density at radius 1 is 0.537 bits per heavy atom. The third kappa shape index (κ3) is 4.68. The first-order valence-corrected chi connectivity index (χ1v) is 17.7. The predicted octanol–water partition coefficient (Wildman–Crippen LogP) is 11.7. The van der Waals surface area contributed by atoms with Gasteiger partial charge in [0.05, 0.1) is 27.8 Å². The van der Waals surface area contributed by atoms with Crippen LogP contribution in [-0.2, 0) is 21.1 Å². The molecule has 1 N–H and O–H groups in total. The molecule has 258 valence electrons. The molecular weight excluding hydrogens is 844 g/mol. The summed E-state index contributed by atoms with van der Waals surface area (Å²) in [5.41, 5.74) is 12.7. The second-order valence-corrected chi connectivity index (χ2v) is 13.4. The summed E-state index contributed by atoms with van der Waals surface area (Å²) in [5.74, 6) is 0.832. The van der Waals surface area contributed by atoms with Crippen LogP contribution in [0, 0.1) is 6.07 Å². The van der Waals surface area contributed by atoms with Gasteiger partial charge in [-0.1, -0.05) is 138 Å². The number of imidazole rings is 1. The molecule has 7 aromatic carbocycles. The molecule has 11 aromatic rings. The Morgan fingerprint density at radius 2 is 1.20 bits per heavy atom. The minimum absolute atomic E-state index is 0. The molecule has 0 aliphatic carbocycles. The number of fused-ring (bicyclic) bond motifs is 7. The van der Waals surface area contributed by atoms with Crippen molar-refractivity contribution in [2.45, 2.75) is 0 Å². The fraction of sp³-hybridized carbons (Fsp3) is 0. The third-order valence-corrected chi connectivity index (χ3v) is 10.5. The van der Waals surface area contributed by atoms with Gasteiger partial charge in [-0.15, -0.1) is 17.7 Å². The number of phenols is 1. The van der Waals surface area contributed by atoms with Crippen molar-refractivity contribution < 1.29 is 26.2 Å². The van der Waals surface area contributed by atoms with Crippen molar-refractivity contribution in [1.29, 1.82) is 0 Å². The van der Waals surface area contributed by atoms with Crippen LogP contribution in [-0.4, -0.2) is 24.0 Å². The normalized spacial score (nSPS) is 11.6. The van der Waals surface area contributed by atoms with Gasteiger partial charge in [-0.05, 0) is 52.9 Å². The fourth-order valence-electron chi connectivity index (χ4n) is 8.26. The summed E-state index contributed by atoms with van der Waals surface area (Å²) in [6.45, 7) is 0. The molecule has 6 heteroatoms. The number of hydrogen-bond acceptors (Lipinski definition) is 3. The molecule has 0 unspecified atom stereocenters. The zero-order valence-corrected chi connectivity index (χ0v) is 31.0. The molecule has 5 nitrogen and oxygen atoms in total. The van der Waals surface area contributed by atoms with Gasteiger partial charge in [0.15, 0.2) is 0 Å². The number of nitrogens with zero attached hydrogens (tertiary/aromatic N) is 4. The average Bonchev–Trinajstić information content (AvgIpc) is 3.89. The van der Waals surface area contributed by atoms with Crippen LogP contribution < -0.4 is 0 Å². The van der Waals surface area contributed by atoms with E-state index in [2.05, 4.69) is 136 Å². The van der Waals surface area contributed by atoms with E-state index < -0.39 is 0 Å². The van der Waals surface area contributed by atoms with Crippen LogP contribution >= 0.6 is 0 Å². The van der Waals surface area contributed by atoms with Gasteiger partial charge >= 0.3 is 0 Å². The summed E-state index contributed by atoms with van der Waals surface area (Å²) in [6.07, 6.45) is 1.85. The van der Waals surface area contributed by atoms with Crippen LogP contribution in [0.25, 0.3) is 99.7 Å². The SMILES string of the molecule is Oc1ccccc1-c1nc2c(-c3[c-]c(-c4ccccn4)c4c(c3)c3cccc5c6ccccc6n4c53)cccc2n1-c1ccccc1-c1ccccc1.[Pt]. The van der Waals surface area contributed by atoms with E-state index >= 15 is 0 Å². The number of phenolic OH excluding ortho intramolecular Hbond substituents is 1. The fourth-order valence-corrected chi connectivity index (χ4v) is 8.26. The molecule has 0 amide bonds. The monoisotopic (exact) mass is 872 g/mol. The summed E-state index contributed by atoms with van der Waals surface area (Å²) < 4.78 is 4.58. The first-order chi connectivity index (χ1) is 26.2. The first kappa shape index (κ1) is 32.1. The van der Waals surface area contributed by atoms with Crippen molar-refractivity contribution in [3.05, 3.63) is 176 Å². The van der Waals surface area contributed by atoms with Crippen molar-refractivity contribution in [1.82, 2.24) is 18.9 Å². The van der Waals surface area contributed by atoms with Crippen LogP contribution in [0.5, 0.6) is 5.75 Å². The number of pyridine rings is 1. The summed E-state index contributed by atoms with van der Waals surface area (Å²) in [7, 11) is 0. The number of rotatable bonds is 5. The molecule has 0 bridgehead atoms. The van der Waals surface area contributed by atoms with E-state index in [-0.39, 0.29) is 26.8 Å². The van der Waals surface area contributed by atoms with Gasteiger partial charge in [-0.2, -0.15) is 0 Å². The Bertz CT molecular complexity index is 3180. The zero-order chi connectivity index (χ0) is 35.0. The number of aromatic hydroxyl groups is 1. The Balaban J connectivity index is 0.00000361. The molecule has 0 spiro atoms. The molecule has 0 fully saturated rings. The van der Waals surface area contributed by atoms with E-state index in [0.717, 1.165) is 66.7 Å². The maximum atomic E-state index is 11.2. The summed E-state index contributed by atoms with van der Waals surface area (Å²) in [4.78, 5) is 10.3. The van der Waals surface area contributed by atoms with E-state index in [4.69, 9.17) is 9.97 Å². The largest absolute Gasteiger partial charge is 0.507 e. The van der Waals surface area contributed by atoms with Gasteiger partial charge in [0.1, 0.15) is 11.6 Å². The van der Waals surface area contributed by atoms with Gasteiger partial charge < -0.3 is 9.51 Å². The van der Waals surface area contributed by atoms with Gasteiger partial charge in [0.25, 0.3) is 0 Å². The van der Waals surface area contributed by atoms with Crippen molar-refractivity contribution in [2.75, 3.05) is 0 Å². The Labute approximate surface area is 325 Å². The number of hydrogen-bond donors (Lipinski definition) is 1. The number of para-hydroxylation sites is 5. The van der Waals surface area contributed by atoms with E-state index in [1.807, 2.05) is 42.6 Å². The molecule has 0 aliphatic rings. The second-order valence-electron chi connectivity index (χ2n) is 13.4. The van der Waals surface area contributed by atoms with Gasteiger partial charge in [-0.3, -0.25) is 9.55 Å². The predicted molar refractivity (Wildman–Crippen MR) is 216 cm³/mol. The molecule has 0 radical (unpaired) electrons. The van der Waals surface area contributed by atoms with Crippen LogP contribution in [0.1, 0.15) is 0 Å². The minimum atomic E-state index is 0. The molecule has 0 aliphatic heterocycles. The van der Waals surface area contributed by atoms with Crippen LogP contribution in [0.2, 0.25) is 0 Å². The number of aromatic nitrogens is 4. The molecule has 11 rings (SSSR count). The zero-order valence-electron chi connectivity index (χ0n) is 28.7. The van der Waals surface area contributed by atoms with Gasteiger partial charge in [-0.25, -0.2) is 4.98 Å². The van der Waals surface area contributed by atoms with Crippen molar-refractivity contribution in [3.63, 3.8) is 0 Å².